The summed E-state index contributed by atoms with van der Waals surface area (Å²) < 4.78 is 6.86. The fourth-order valence-corrected chi connectivity index (χ4v) is 2.63. The van der Waals surface area contributed by atoms with Crippen LogP contribution in [-0.2, 0) is 4.79 Å². The number of nitrogens with zero attached hydrogens (tertiary/aromatic N) is 2. The molecule has 0 saturated carbocycles. The number of hydrogen-bond acceptors (Lipinski definition) is 4. The minimum atomic E-state index is -0.414. The van der Waals surface area contributed by atoms with Crippen molar-refractivity contribution in [3.05, 3.63) is 48.5 Å². The molecule has 3 rings (SSSR count). The van der Waals surface area contributed by atoms with Gasteiger partial charge in [0.2, 0.25) is 5.91 Å². The summed E-state index contributed by atoms with van der Waals surface area (Å²) in [6.07, 6.45) is 2.08. The van der Waals surface area contributed by atoms with Crippen molar-refractivity contribution in [1.29, 1.82) is 0 Å². The maximum atomic E-state index is 12.7. The van der Waals surface area contributed by atoms with Gasteiger partial charge in [-0.2, -0.15) is 4.68 Å². The number of hydrogen-bond donors (Lipinski definition) is 2. The number of nitrogens with one attached hydrogen (secondary N) is 2. The maximum absolute atomic E-state index is 12.7. The van der Waals surface area contributed by atoms with Gasteiger partial charge in [-0.05, 0) is 42.8 Å². The average Bonchev–Trinajstić information content (AvgIpc) is 3.02. The predicted octanol–water partition coefficient (Wildman–Crippen LogP) is 4.25. The topological polar surface area (TPSA) is 85.2 Å². The van der Waals surface area contributed by atoms with Crippen molar-refractivity contribution in [2.24, 2.45) is 0 Å². The van der Waals surface area contributed by atoms with Crippen molar-refractivity contribution in [1.82, 2.24) is 9.78 Å². The molecule has 7 nitrogen and oxygen atoms in total. The van der Waals surface area contributed by atoms with Crippen molar-refractivity contribution < 1.29 is 14.3 Å². The van der Waals surface area contributed by atoms with E-state index in [1.54, 1.807) is 24.3 Å². The van der Waals surface area contributed by atoms with E-state index in [0.717, 1.165) is 18.6 Å². The molecule has 0 radical (unpaired) electrons. The lowest BCUT2D eigenvalue weighted by Crippen LogP contribution is -2.21. The molecule has 27 heavy (non-hydrogen) atoms. The number of carbonyl (C=O) groups is 2. The van der Waals surface area contributed by atoms with Gasteiger partial charge in [0.25, 0.3) is 0 Å². The van der Waals surface area contributed by atoms with Gasteiger partial charge in [-0.15, -0.1) is 5.10 Å². The lowest BCUT2D eigenvalue weighted by Gasteiger charge is -2.08. The molecule has 0 aliphatic rings. The van der Waals surface area contributed by atoms with Gasteiger partial charge in [0, 0.05) is 18.0 Å². The molecule has 0 fully saturated rings. The third kappa shape index (κ3) is 4.44. The van der Waals surface area contributed by atoms with E-state index >= 15 is 0 Å². The number of carbonyl (C=O) groups excluding carboxylic acids is 2. The lowest BCUT2D eigenvalue weighted by atomic mass is 10.2. The fourth-order valence-electron chi connectivity index (χ4n) is 2.63. The third-order valence-corrected chi connectivity index (χ3v) is 3.95. The third-order valence-electron chi connectivity index (χ3n) is 3.95. The zero-order valence-electron chi connectivity index (χ0n) is 15.4. The fraction of sp³-hybridized carbons (Fsp3) is 0.250. The highest BCUT2D eigenvalue weighted by atomic mass is 16.5. The monoisotopic (exact) mass is 366 g/mol. The molecule has 0 aliphatic carbocycles. The molecule has 1 aromatic heterocycles. The Morgan fingerprint density at radius 2 is 1.81 bits per heavy atom. The highest BCUT2D eigenvalue weighted by Crippen LogP contribution is 2.23. The minimum Gasteiger partial charge on any atom is -0.494 e. The first-order valence-electron chi connectivity index (χ1n) is 8.88. The van der Waals surface area contributed by atoms with Gasteiger partial charge in [0.15, 0.2) is 5.82 Å². The molecule has 2 aromatic carbocycles. The van der Waals surface area contributed by atoms with Gasteiger partial charge in [0.05, 0.1) is 12.1 Å². The molecule has 2 amide bonds. The summed E-state index contributed by atoms with van der Waals surface area (Å²) in [5.74, 6) is 0.872. The number of aromatic nitrogens is 2. The molecule has 0 saturated heterocycles. The zero-order valence-corrected chi connectivity index (χ0v) is 15.4. The molecule has 1 heterocycles. The molecule has 0 spiro atoms. The van der Waals surface area contributed by atoms with Crippen LogP contribution >= 0.6 is 0 Å². The van der Waals surface area contributed by atoms with E-state index in [9.17, 15) is 9.59 Å². The molecular formula is C20H22N4O3. The summed E-state index contributed by atoms with van der Waals surface area (Å²) in [5.41, 5.74) is 1.24. The Morgan fingerprint density at radius 3 is 2.52 bits per heavy atom. The summed E-state index contributed by atoms with van der Waals surface area (Å²) in [4.78, 5) is 24.0. The van der Waals surface area contributed by atoms with Gasteiger partial charge in [-0.1, -0.05) is 25.5 Å². The summed E-state index contributed by atoms with van der Waals surface area (Å²) in [6, 6.07) is 14.0. The number of anilines is 2. The van der Waals surface area contributed by atoms with Crippen LogP contribution in [-0.4, -0.2) is 28.3 Å². The number of amides is 2. The molecule has 0 aliphatic heterocycles. The maximum Gasteiger partial charge on any atom is 0.347 e. The normalized spacial score (nSPS) is 10.6. The largest absolute Gasteiger partial charge is 0.494 e. The first kappa shape index (κ1) is 18.4. The zero-order chi connectivity index (χ0) is 19.2. The van der Waals surface area contributed by atoms with Gasteiger partial charge >= 0.3 is 6.03 Å². The Kier molecular flexibility index (Phi) is 5.71. The first-order valence-corrected chi connectivity index (χ1v) is 8.88. The number of ether oxygens (including phenoxy) is 1. The summed E-state index contributed by atoms with van der Waals surface area (Å²) in [5, 5.41) is 10.4. The Bertz CT molecular complexity index is 948. The van der Waals surface area contributed by atoms with E-state index in [1.807, 2.05) is 24.3 Å². The summed E-state index contributed by atoms with van der Waals surface area (Å²) in [6.45, 7) is 4.18. The smallest absolute Gasteiger partial charge is 0.347 e. The van der Waals surface area contributed by atoms with Crippen LogP contribution in [0.3, 0.4) is 0 Å². The first-order chi connectivity index (χ1) is 13.1. The highest BCUT2D eigenvalue weighted by Gasteiger charge is 2.16. The summed E-state index contributed by atoms with van der Waals surface area (Å²) in [7, 11) is 0. The minimum absolute atomic E-state index is 0.246. The van der Waals surface area contributed by atoms with Crippen molar-refractivity contribution >= 4 is 34.3 Å². The molecule has 140 valence electrons. The lowest BCUT2D eigenvalue weighted by molar-refractivity contribution is -0.114. The predicted molar refractivity (Wildman–Crippen MR) is 105 cm³/mol. The van der Waals surface area contributed by atoms with Crippen LogP contribution in [0.15, 0.2) is 48.5 Å². The molecule has 0 bridgehead atoms. The van der Waals surface area contributed by atoms with Gasteiger partial charge in [-0.3, -0.25) is 4.79 Å². The molecule has 7 heteroatoms. The van der Waals surface area contributed by atoms with E-state index in [0.29, 0.717) is 29.0 Å². The Balaban J connectivity index is 1.77. The number of benzene rings is 2. The van der Waals surface area contributed by atoms with Crippen molar-refractivity contribution in [3.63, 3.8) is 0 Å². The number of unbranched alkanes of at least 4 members (excludes halogenated alkanes) is 1. The van der Waals surface area contributed by atoms with Crippen molar-refractivity contribution in [2.75, 3.05) is 17.2 Å². The SMILES string of the molecule is CCCCOc1ccc(NC(=O)n2nc(NC(C)=O)c3ccccc32)cc1. The number of rotatable bonds is 6. The van der Waals surface area contributed by atoms with Crippen LogP contribution in [0.5, 0.6) is 5.75 Å². The van der Waals surface area contributed by atoms with Crippen LogP contribution in [0.1, 0.15) is 26.7 Å². The van der Waals surface area contributed by atoms with Crippen molar-refractivity contribution in [2.45, 2.75) is 26.7 Å². The quantitative estimate of drug-likeness (QED) is 0.639. The average molecular weight is 366 g/mol. The molecular weight excluding hydrogens is 344 g/mol. The second-order valence-electron chi connectivity index (χ2n) is 6.12. The van der Waals surface area contributed by atoms with Crippen LogP contribution in [0, 0.1) is 0 Å². The second-order valence-corrected chi connectivity index (χ2v) is 6.12. The number of fused-ring (bicyclic) bond motifs is 1. The van der Waals surface area contributed by atoms with E-state index in [1.165, 1.54) is 11.6 Å². The molecule has 0 unspecified atom stereocenters. The van der Waals surface area contributed by atoms with Crippen LogP contribution in [0.4, 0.5) is 16.3 Å². The second kappa shape index (κ2) is 8.35. The van der Waals surface area contributed by atoms with Crippen LogP contribution in [0.2, 0.25) is 0 Å². The van der Waals surface area contributed by atoms with E-state index in [2.05, 4.69) is 22.7 Å². The Hall–Kier alpha value is -3.35. The van der Waals surface area contributed by atoms with Crippen LogP contribution in [0.25, 0.3) is 10.9 Å². The number of para-hydroxylation sites is 1. The molecule has 3 aromatic rings. The molecule has 0 atom stereocenters. The highest BCUT2D eigenvalue weighted by molar-refractivity contribution is 6.04. The van der Waals surface area contributed by atoms with E-state index in [-0.39, 0.29) is 5.91 Å². The van der Waals surface area contributed by atoms with Gasteiger partial charge < -0.3 is 15.4 Å². The van der Waals surface area contributed by atoms with Gasteiger partial charge in [0.1, 0.15) is 5.75 Å². The molecule has 2 N–H and O–H groups in total. The Labute approximate surface area is 157 Å². The Morgan fingerprint density at radius 1 is 1.07 bits per heavy atom. The van der Waals surface area contributed by atoms with Crippen LogP contribution < -0.4 is 15.4 Å². The van der Waals surface area contributed by atoms with E-state index in [4.69, 9.17) is 4.74 Å². The summed E-state index contributed by atoms with van der Waals surface area (Å²) >= 11 is 0. The van der Waals surface area contributed by atoms with E-state index < -0.39 is 6.03 Å². The standard InChI is InChI=1S/C20H22N4O3/c1-3-4-13-27-16-11-9-15(10-12-16)22-20(26)24-18-8-6-5-7-17(18)19(23-24)21-14(2)25/h5-12H,3-4,13H2,1-2H3,(H,22,26)(H,21,23,25). The van der Waals surface area contributed by atoms with Gasteiger partial charge in [-0.25, -0.2) is 4.79 Å². The van der Waals surface area contributed by atoms with Crippen molar-refractivity contribution in [3.8, 4) is 5.75 Å².